The van der Waals surface area contributed by atoms with Crippen LogP contribution >= 0.6 is 0 Å². The Balaban J connectivity index is 1.81. The van der Waals surface area contributed by atoms with E-state index in [1.54, 1.807) is 12.1 Å². The molecule has 1 aromatic rings. The van der Waals surface area contributed by atoms with E-state index < -0.39 is 0 Å². The zero-order valence-corrected chi connectivity index (χ0v) is 16.0. The molecule has 1 fully saturated rings. The van der Waals surface area contributed by atoms with Gasteiger partial charge in [-0.25, -0.2) is 4.39 Å². The molecular weight excluding hydrogens is 331 g/mol. The van der Waals surface area contributed by atoms with Gasteiger partial charge >= 0.3 is 0 Å². The first kappa shape index (κ1) is 20.8. The summed E-state index contributed by atoms with van der Waals surface area (Å²) < 4.78 is 19.1. The second-order valence-corrected chi connectivity index (χ2v) is 7.04. The van der Waals surface area contributed by atoms with E-state index in [1.807, 2.05) is 6.07 Å². The van der Waals surface area contributed by atoms with Crippen molar-refractivity contribution in [2.45, 2.75) is 57.9 Å². The Labute approximate surface area is 157 Å². The van der Waals surface area contributed by atoms with Gasteiger partial charge in [-0.15, -0.1) is 0 Å². The van der Waals surface area contributed by atoms with Crippen molar-refractivity contribution < 1.29 is 13.9 Å². The van der Waals surface area contributed by atoms with Crippen LogP contribution in [-0.2, 0) is 9.53 Å². The van der Waals surface area contributed by atoms with Gasteiger partial charge in [0.2, 0.25) is 5.91 Å². The molecule has 1 amide bonds. The number of ether oxygens (including phenoxy) is 1. The number of hydrogen-bond acceptors (Lipinski definition) is 3. The van der Waals surface area contributed by atoms with Gasteiger partial charge in [-0.2, -0.15) is 0 Å². The van der Waals surface area contributed by atoms with Gasteiger partial charge in [0, 0.05) is 26.1 Å². The fourth-order valence-corrected chi connectivity index (χ4v) is 3.43. The SMILES string of the molecule is CCCCCCCCC(=O)NCC(c1cccc(F)c1)N1CCOCC1. The van der Waals surface area contributed by atoms with Crippen LogP contribution in [0.1, 0.15) is 63.5 Å². The topological polar surface area (TPSA) is 41.6 Å². The fraction of sp³-hybridized carbons (Fsp3) is 0.667. The molecular formula is C21H33FN2O2. The molecule has 26 heavy (non-hydrogen) atoms. The molecule has 1 aromatic carbocycles. The minimum atomic E-state index is -0.237. The number of hydrogen-bond donors (Lipinski definition) is 1. The van der Waals surface area contributed by atoms with Crippen LogP contribution in [0, 0.1) is 5.82 Å². The average molecular weight is 365 g/mol. The highest BCUT2D eigenvalue weighted by Crippen LogP contribution is 2.22. The third-order valence-electron chi connectivity index (χ3n) is 4.97. The van der Waals surface area contributed by atoms with Crippen molar-refractivity contribution in [3.8, 4) is 0 Å². The number of amides is 1. The third kappa shape index (κ3) is 7.42. The monoisotopic (exact) mass is 364 g/mol. The lowest BCUT2D eigenvalue weighted by Crippen LogP contribution is -2.43. The van der Waals surface area contributed by atoms with Crippen LogP contribution in [0.15, 0.2) is 24.3 Å². The van der Waals surface area contributed by atoms with Crippen molar-refractivity contribution in [3.05, 3.63) is 35.6 Å². The van der Waals surface area contributed by atoms with E-state index in [2.05, 4.69) is 17.1 Å². The number of nitrogens with zero attached hydrogens (tertiary/aromatic N) is 1. The molecule has 0 aromatic heterocycles. The molecule has 0 spiro atoms. The molecule has 1 unspecified atom stereocenters. The van der Waals surface area contributed by atoms with E-state index in [0.717, 1.165) is 31.5 Å². The summed E-state index contributed by atoms with van der Waals surface area (Å²) in [6.07, 6.45) is 7.62. The molecule has 0 bridgehead atoms. The number of nitrogens with one attached hydrogen (secondary N) is 1. The van der Waals surface area contributed by atoms with Gasteiger partial charge in [0.15, 0.2) is 0 Å². The molecule has 1 aliphatic heterocycles. The minimum absolute atomic E-state index is 0.0110. The number of benzene rings is 1. The third-order valence-corrected chi connectivity index (χ3v) is 4.97. The summed E-state index contributed by atoms with van der Waals surface area (Å²) in [6, 6.07) is 6.68. The van der Waals surface area contributed by atoms with Crippen LogP contribution in [0.5, 0.6) is 0 Å². The van der Waals surface area contributed by atoms with Crippen molar-refractivity contribution in [1.82, 2.24) is 10.2 Å². The Hall–Kier alpha value is -1.46. The zero-order chi connectivity index (χ0) is 18.6. The van der Waals surface area contributed by atoms with Gasteiger partial charge in [0.05, 0.1) is 19.3 Å². The zero-order valence-electron chi connectivity index (χ0n) is 16.0. The Morgan fingerprint density at radius 1 is 1.19 bits per heavy atom. The Morgan fingerprint density at radius 3 is 2.65 bits per heavy atom. The lowest BCUT2D eigenvalue weighted by Gasteiger charge is -2.35. The first-order valence-electron chi connectivity index (χ1n) is 10.0. The molecule has 1 N–H and O–H groups in total. The van der Waals surface area contributed by atoms with Gasteiger partial charge < -0.3 is 10.1 Å². The standard InChI is InChI=1S/C21H33FN2O2/c1-2-3-4-5-6-7-11-21(25)23-17-20(24-12-14-26-15-13-24)18-9-8-10-19(22)16-18/h8-10,16,20H,2-7,11-15,17H2,1H3,(H,23,25). The minimum Gasteiger partial charge on any atom is -0.379 e. The summed E-state index contributed by atoms with van der Waals surface area (Å²) in [5, 5.41) is 3.06. The molecule has 1 saturated heterocycles. The van der Waals surface area contributed by atoms with Crippen molar-refractivity contribution in [1.29, 1.82) is 0 Å². The van der Waals surface area contributed by atoms with E-state index in [0.29, 0.717) is 26.2 Å². The normalized spacial score (nSPS) is 16.4. The summed E-state index contributed by atoms with van der Waals surface area (Å²) in [7, 11) is 0. The molecule has 5 heteroatoms. The van der Waals surface area contributed by atoms with Crippen LogP contribution in [0.2, 0.25) is 0 Å². The lowest BCUT2D eigenvalue weighted by atomic mass is 10.0. The maximum Gasteiger partial charge on any atom is 0.220 e. The van der Waals surface area contributed by atoms with Gasteiger partial charge in [0.1, 0.15) is 5.82 Å². The summed E-state index contributed by atoms with van der Waals surface area (Å²) in [5.41, 5.74) is 0.909. The van der Waals surface area contributed by atoms with E-state index in [-0.39, 0.29) is 17.8 Å². The first-order valence-corrected chi connectivity index (χ1v) is 10.0. The molecule has 146 valence electrons. The average Bonchev–Trinajstić information content (AvgIpc) is 2.66. The Morgan fingerprint density at radius 2 is 1.92 bits per heavy atom. The fourth-order valence-electron chi connectivity index (χ4n) is 3.43. The van der Waals surface area contributed by atoms with Gasteiger partial charge in [-0.1, -0.05) is 51.2 Å². The van der Waals surface area contributed by atoms with Gasteiger partial charge in [0.25, 0.3) is 0 Å². The van der Waals surface area contributed by atoms with Crippen molar-refractivity contribution in [2.24, 2.45) is 0 Å². The molecule has 0 saturated carbocycles. The Bertz CT molecular complexity index is 532. The summed E-state index contributed by atoms with van der Waals surface area (Å²) in [6.45, 7) is 5.67. The highest BCUT2D eigenvalue weighted by molar-refractivity contribution is 5.75. The highest BCUT2D eigenvalue weighted by atomic mass is 19.1. The number of morpholine rings is 1. The molecule has 0 aliphatic carbocycles. The van der Waals surface area contributed by atoms with Gasteiger partial charge in [-0.3, -0.25) is 9.69 Å². The van der Waals surface area contributed by atoms with Crippen molar-refractivity contribution in [3.63, 3.8) is 0 Å². The molecule has 1 aliphatic rings. The molecule has 2 rings (SSSR count). The van der Waals surface area contributed by atoms with E-state index in [1.165, 1.54) is 31.7 Å². The van der Waals surface area contributed by atoms with E-state index >= 15 is 0 Å². The number of rotatable bonds is 11. The van der Waals surface area contributed by atoms with Crippen LogP contribution in [-0.4, -0.2) is 43.7 Å². The second kappa shape index (κ2) is 12.0. The predicted octanol–water partition coefficient (Wildman–Crippen LogP) is 4.07. The summed E-state index contributed by atoms with van der Waals surface area (Å²) in [4.78, 5) is 14.5. The first-order chi connectivity index (χ1) is 12.7. The molecule has 1 atom stereocenters. The number of carbonyl (C=O) groups excluding carboxylic acids is 1. The molecule has 0 radical (unpaired) electrons. The highest BCUT2D eigenvalue weighted by Gasteiger charge is 2.23. The maximum atomic E-state index is 13.7. The van der Waals surface area contributed by atoms with Crippen molar-refractivity contribution >= 4 is 5.91 Å². The van der Waals surface area contributed by atoms with E-state index in [4.69, 9.17) is 4.74 Å². The smallest absolute Gasteiger partial charge is 0.220 e. The summed E-state index contributed by atoms with van der Waals surface area (Å²) >= 11 is 0. The van der Waals surface area contributed by atoms with Crippen molar-refractivity contribution in [2.75, 3.05) is 32.8 Å². The van der Waals surface area contributed by atoms with Crippen LogP contribution in [0.3, 0.4) is 0 Å². The number of carbonyl (C=O) groups is 1. The second-order valence-electron chi connectivity index (χ2n) is 7.04. The lowest BCUT2D eigenvalue weighted by molar-refractivity contribution is -0.121. The van der Waals surface area contributed by atoms with Crippen LogP contribution in [0.25, 0.3) is 0 Å². The predicted molar refractivity (Wildman–Crippen MR) is 103 cm³/mol. The van der Waals surface area contributed by atoms with Crippen LogP contribution in [0.4, 0.5) is 4.39 Å². The number of unbranched alkanes of at least 4 members (excludes halogenated alkanes) is 5. The maximum absolute atomic E-state index is 13.7. The van der Waals surface area contributed by atoms with Gasteiger partial charge in [-0.05, 0) is 24.1 Å². The molecule has 1 heterocycles. The largest absolute Gasteiger partial charge is 0.379 e. The summed E-state index contributed by atoms with van der Waals surface area (Å²) in [5.74, 6) is -0.144. The molecule has 4 nitrogen and oxygen atoms in total. The Kier molecular flexibility index (Phi) is 9.64. The quantitative estimate of drug-likeness (QED) is 0.602. The number of halogens is 1. The van der Waals surface area contributed by atoms with E-state index in [9.17, 15) is 9.18 Å². The van der Waals surface area contributed by atoms with Crippen LogP contribution < -0.4 is 5.32 Å².